The van der Waals surface area contributed by atoms with Gasteiger partial charge < -0.3 is 4.57 Å². The molecule has 0 radical (unpaired) electrons. The van der Waals surface area contributed by atoms with Crippen LogP contribution in [-0.4, -0.2) is 19.5 Å². The predicted molar refractivity (Wildman–Crippen MR) is 246 cm³/mol. The Morgan fingerprint density at radius 2 is 0.831 bits per heavy atom. The van der Waals surface area contributed by atoms with Crippen molar-refractivity contribution in [1.29, 1.82) is 0 Å². The van der Waals surface area contributed by atoms with Gasteiger partial charge in [0.25, 0.3) is 0 Å². The highest BCUT2D eigenvalue weighted by atomic mass is 15.0. The molecule has 0 fully saturated rings. The van der Waals surface area contributed by atoms with Crippen molar-refractivity contribution in [1.82, 2.24) is 19.5 Å². The predicted octanol–water partition coefficient (Wildman–Crippen LogP) is 14.2. The Balaban J connectivity index is 1.04. The number of rotatable bonds is 5. The van der Waals surface area contributed by atoms with E-state index in [2.05, 4.69) is 193 Å². The van der Waals surface area contributed by atoms with Crippen LogP contribution in [0.5, 0.6) is 0 Å². The summed E-state index contributed by atoms with van der Waals surface area (Å²) in [4.78, 5) is 15.8. The van der Waals surface area contributed by atoms with Gasteiger partial charge in [0.2, 0.25) is 0 Å². The fourth-order valence-electron chi connectivity index (χ4n) is 9.06. The van der Waals surface area contributed by atoms with Gasteiger partial charge in [-0.2, -0.15) is 0 Å². The maximum Gasteiger partial charge on any atom is 0.160 e. The zero-order valence-electron chi connectivity index (χ0n) is 31.9. The van der Waals surface area contributed by atoms with Gasteiger partial charge in [-0.15, -0.1) is 0 Å². The maximum absolute atomic E-state index is 5.37. The topological polar surface area (TPSA) is 43.6 Å². The summed E-state index contributed by atoms with van der Waals surface area (Å²) >= 11 is 0. The quantitative estimate of drug-likeness (QED) is 0.165. The van der Waals surface area contributed by atoms with Crippen molar-refractivity contribution < 1.29 is 0 Å². The highest BCUT2D eigenvalue weighted by molar-refractivity contribution is 6.26. The van der Waals surface area contributed by atoms with Crippen molar-refractivity contribution in [2.24, 2.45) is 0 Å². The fourth-order valence-corrected chi connectivity index (χ4v) is 9.06. The van der Waals surface area contributed by atoms with Crippen LogP contribution in [0.15, 0.2) is 206 Å². The molecular formula is C55H34N4. The average molecular weight is 751 g/mol. The van der Waals surface area contributed by atoms with Gasteiger partial charge in [-0.1, -0.05) is 170 Å². The molecule has 0 N–H and O–H groups in total. The number of hydrogen-bond acceptors (Lipinski definition) is 3. The van der Waals surface area contributed by atoms with E-state index in [0.717, 1.165) is 72.3 Å². The third kappa shape index (κ3) is 5.34. The van der Waals surface area contributed by atoms with Crippen molar-refractivity contribution in [2.45, 2.75) is 0 Å². The number of hydrogen-bond donors (Lipinski definition) is 0. The summed E-state index contributed by atoms with van der Waals surface area (Å²) in [6.45, 7) is 0. The van der Waals surface area contributed by atoms with Crippen molar-refractivity contribution >= 4 is 65.0 Å². The van der Waals surface area contributed by atoms with Crippen molar-refractivity contribution in [3.05, 3.63) is 206 Å². The Labute approximate surface area is 340 Å². The van der Waals surface area contributed by atoms with E-state index in [4.69, 9.17) is 15.0 Å². The summed E-state index contributed by atoms with van der Waals surface area (Å²) in [6.07, 6.45) is 0. The second kappa shape index (κ2) is 13.3. The van der Waals surface area contributed by atoms with Gasteiger partial charge in [-0.3, -0.25) is 0 Å². The van der Waals surface area contributed by atoms with Crippen molar-refractivity contribution in [3.63, 3.8) is 0 Å². The Bertz CT molecular complexity index is 3550. The maximum atomic E-state index is 5.37. The number of benzene rings is 9. The van der Waals surface area contributed by atoms with Gasteiger partial charge in [0.05, 0.1) is 33.6 Å². The monoisotopic (exact) mass is 750 g/mol. The van der Waals surface area contributed by atoms with Gasteiger partial charge >= 0.3 is 0 Å². The molecule has 0 amide bonds. The molecule has 0 atom stereocenters. The third-order valence-corrected chi connectivity index (χ3v) is 11.8. The van der Waals surface area contributed by atoms with Crippen molar-refractivity contribution in [2.75, 3.05) is 0 Å². The lowest BCUT2D eigenvalue weighted by atomic mass is 9.92. The second-order valence-corrected chi connectivity index (χ2v) is 15.1. The van der Waals surface area contributed by atoms with E-state index in [9.17, 15) is 0 Å². The van der Waals surface area contributed by atoms with Gasteiger partial charge in [-0.05, 0) is 68.7 Å². The summed E-state index contributed by atoms with van der Waals surface area (Å²) in [6, 6.07) is 73.1. The third-order valence-electron chi connectivity index (χ3n) is 11.8. The molecule has 59 heavy (non-hydrogen) atoms. The summed E-state index contributed by atoms with van der Waals surface area (Å²) in [5, 5.41) is 10.9. The fraction of sp³-hybridized carbons (Fsp3) is 0. The minimum Gasteiger partial charge on any atom is -0.308 e. The Kier molecular flexibility index (Phi) is 7.50. The minimum absolute atomic E-state index is 0.692. The number of para-hydroxylation sites is 3. The number of aromatic nitrogens is 4. The zero-order chi connectivity index (χ0) is 38.9. The van der Waals surface area contributed by atoms with Crippen LogP contribution < -0.4 is 0 Å². The molecule has 0 aliphatic rings. The summed E-state index contributed by atoms with van der Waals surface area (Å²) < 4.78 is 2.39. The molecule has 0 aliphatic carbocycles. The Hall–Kier alpha value is -7.95. The van der Waals surface area contributed by atoms with Crippen LogP contribution in [0, 0.1) is 0 Å². The van der Waals surface area contributed by atoms with Crippen LogP contribution in [-0.2, 0) is 0 Å². The van der Waals surface area contributed by atoms with E-state index >= 15 is 0 Å². The van der Waals surface area contributed by atoms with Gasteiger partial charge in [0.1, 0.15) is 0 Å². The molecule has 4 nitrogen and oxygen atoms in total. The van der Waals surface area contributed by atoms with Gasteiger partial charge in [0, 0.05) is 44.1 Å². The normalized spacial score (nSPS) is 11.7. The van der Waals surface area contributed by atoms with Crippen LogP contribution in [0.25, 0.3) is 116 Å². The van der Waals surface area contributed by atoms with Crippen LogP contribution in [0.3, 0.4) is 0 Å². The Morgan fingerprint density at radius 1 is 0.322 bits per heavy atom. The molecule has 0 aliphatic heterocycles. The minimum atomic E-state index is 0.692. The number of fused-ring (bicyclic) bond motifs is 11. The van der Waals surface area contributed by atoms with Gasteiger partial charge in [0.15, 0.2) is 5.82 Å². The molecule has 9 aromatic carbocycles. The molecule has 4 heteroatoms. The molecule has 274 valence electrons. The van der Waals surface area contributed by atoms with E-state index in [-0.39, 0.29) is 0 Å². The van der Waals surface area contributed by atoms with Crippen LogP contribution in [0.2, 0.25) is 0 Å². The molecule has 12 rings (SSSR count). The lowest BCUT2D eigenvalue weighted by Crippen LogP contribution is -1.97. The molecule has 0 spiro atoms. The highest BCUT2D eigenvalue weighted by Crippen LogP contribution is 2.42. The first kappa shape index (κ1) is 33.2. The molecule has 0 saturated carbocycles. The first-order valence-electron chi connectivity index (χ1n) is 20.0. The molecule has 0 saturated heterocycles. The number of pyridine rings is 1. The van der Waals surface area contributed by atoms with E-state index in [1.165, 1.54) is 37.7 Å². The summed E-state index contributed by atoms with van der Waals surface area (Å²) in [5.41, 5.74) is 11.2. The van der Waals surface area contributed by atoms with Crippen LogP contribution in [0.4, 0.5) is 0 Å². The van der Waals surface area contributed by atoms with Gasteiger partial charge in [-0.25, -0.2) is 15.0 Å². The molecular weight excluding hydrogens is 717 g/mol. The van der Waals surface area contributed by atoms with Crippen molar-refractivity contribution in [3.8, 4) is 50.8 Å². The first-order chi connectivity index (χ1) is 29.3. The molecule has 0 bridgehead atoms. The lowest BCUT2D eigenvalue weighted by Gasteiger charge is -2.13. The Morgan fingerprint density at radius 3 is 1.53 bits per heavy atom. The molecule has 0 unspecified atom stereocenters. The van der Waals surface area contributed by atoms with Crippen LogP contribution in [0.1, 0.15) is 0 Å². The van der Waals surface area contributed by atoms with E-state index in [0.29, 0.717) is 5.82 Å². The van der Waals surface area contributed by atoms with E-state index in [1.54, 1.807) is 0 Å². The molecule has 3 heterocycles. The zero-order valence-corrected chi connectivity index (χ0v) is 31.9. The second-order valence-electron chi connectivity index (χ2n) is 15.1. The van der Waals surface area contributed by atoms with Crippen LogP contribution >= 0.6 is 0 Å². The summed E-state index contributed by atoms with van der Waals surface area (Å²) in [5.74, 6) is 0.692. The smallest absolute Gasteiger partial charge is 0.160 e. The molecule has 12 aromatic rings. The van der Waals surface area contributed by atoms with E-state index < -0.39 is 0 Å². The number of nitrogens with zero attached hydrogens (tertiary/aromatic N) is 4. The SMILES string of the molecule is c1ccc(-c2nc(-c3ccc(-c4nc5ccccc5c5c4c4ccccc4n5-c4ccccc4)cc3)cc(-c3ccc4c5ccccc5c5ccccc5c4c3)n2)cc1. The average Bonchev–Trinajstić information content (AvgIpc) is 3.67. The standard InChI is InChI=1S/C55H34N4/c1-3-15-37(16-4-1)55-57-49(34-50(58-55)38-31-32-44-42-21-8-7-19-40(42)41-20-9-10-22-43(41)47(44)33-38)35-27-29-36(30-28-35)53-52-46-24-12-14-26-51(46)59(39-17-5-2-6-18-39)54(52)45-23-11-13-25-48(45)56-53/h1-34H. The highest BCUT2D eigenvalue weighted by Gasteiger charge is 2.21. The largest absolute Gasteiger partial charge is 0.308 e. The first-order valence-corrected chi connectivity index (χ1v) is 20.0. The molecule has 3 aromatic heterocycles. The lowest BCUT2D eigenvalue weighted by molar-refractivity contribution is 1.18. The summed E-state index contributed by atoms with van der Waals surface area (Å²) in [7, 11) is 0. The van der Waals surface area contributed by atoms with E-state index in [1.807, 2.05) is 18.2 Å².